The lowest BCUT2D eigenvalue weighted by molar-refractivity contribution is -0.157. The Balaban J connectivity index is 0.000000825. The first-order chi connectivity index (χ1) is 30.2. The van der Waals surface area contributed by atoms with Crippen LogP contribution >= 0.6 is 0 Å². The van der Waals surface area contributed by atoms with Crippen LogP contribution in [0.1, 0.15) is 173 Å². The highest BCUT2D eigenvalue weighted by atomic mass is 16.5. The molecule has 2 N–H and O–H groups in total. The van der Waals surface area contributed by atoms with Gasteiger partial charge in [0.25, 0.3) is 0 Å². The molecule has 11 nitrogen and oxygen atoms in total. The van der Waals surface area contributed by atoms with Gasteiger partial charge in [0.15, 0.2) is 0 Å². The number of cyclic esters (lactones) is 1. The molecule has 4 aliphatic carbocycles. The minimum atomic E-state index is -0.367. The second-order valence-electron chi connectivity index (χ2n) is 19.6. The first kappa shape index (κ1) is 58.4. The van der Waals surface area contributed by atoms with Crippen molar-refractivity contribution < 1.29 is 54.6 Å². The maximum atomic E-state index is 11.3. The molecule has 1 spiro atoms. The van der Waals surface area contributed by atoms with E-state index >= 15 is 0 Å². The summed E-state index contributed by atoms with van der Waals surface area (Å²) >= 11 is 0. The third kappa shape index (κ3) is 17.3. The highest BCUT2D eigenvalue weighted by molar-refractivity contribution is 5.71. The summed E-state index contributed by atoms with van der Waals surface area (Å²) < 4.78 is 19.1. The molecule has 0 bridgehead atoms. The smallest absolute Gasteiger partial charge is 0.305 e. The summed E-state index contributed by atoms with van der Waals surface area (Å²) in [4.78, 5) is 55.8. The van der Waals surface area contributed by atoms with Crippen molar-refractivity contribution in [3.8, 4) is 0 Å². The van der Waals surface area contributed by atoms with Gasteiger partial charge in [-0.05, 0) is 128 Å². The molecule has 64 heavy (non-hydrogen) atoms. The van der Waals surface area contributed by atoms with Crippen molar-refractivity contribution in [2.45, 2.75) is 172 Å². The van der Waals surface area contributed by atoms with Gasteiger partial charge in [0.2, 0.25) is 0 Å². The van der Waals surface area contributed by atoms with Crippen LogP contribution < -0.4 is 0 Å². The second-order valence-corrected chi connectivity index (χ2v) is 19.6. The molecule has 5 aliphatic rings. The number of ether oxygens (including phenoxy) is 4. The van der Waals surface area contributed by atoms with Gasteiger partial charge in [0, 0.05) is 62.0 Å². The van der Waals surface area contributed by atoms with Gasteiger partial charge in [0.05, 0.1) is 27.9 Å². The molecule has 0 saturated carbocycles. The second kappa shape index (κ2) is 28.5. The normalized spacial score (nSPS) is 30.6. The van der Waals surface area contributed by atoms with E-state index in [9.17, 15) is 34.2 Å². The summed E-state index contributed by atoms with van der Waals surface area (Å²) in [6, 6.07) is 0. The van der Waals surface area contributed by atoms with Crippen LogP contribution in [0.4, 0.5) is 0 Å². The molecule has 0 aromatic heterocycles. The minimum absolute atomic E-state index is 0. The summed E-state index contributed by atoms with van der Waals surface area (Å²) in [5.41, 5.74) is 5.22. The number of hydrogen-bond acceptors (Lipinski definition) is 11. The van der Waals surface area contributed by atoms with E-state index in [1.807, 2.05) is 13.8 Å². The molecular weight excluding hydrogens is 813 g/mol. The van der Waals surface area contributed by atoms with Crippen LogP contribution in [0.25, 0.3) is 0 Å². The fraction of sp³-hybridized carbons (Fsp3) is 0.755. The van der Waals surface area contributed by atoms with Gasteiger partial charge < -0.3 is 34.0 Å². The Hall–Kier alpha value is -3.57. The van der Waals surface area contributed by atoms with Crippen LogP contribution in [0.15, 0.2) is 46.6 Å². The zero-order valence-corrected chi connectivity index (χ0v) is 42.2. The van der Waals surface area contributed by atoms with Crippen LogP contribution in [-0.2, 0) is 42.9 Å². The number of esters is 4. The maximum Gasteiger partial charge on any atom is 0.305 e. The summed E-state index contributed by atoms with van der Waals surface area (Å²) in [6.45, 7) is 22.1. The Kier molecular flexibility index (Phi) is 26.0. The van der Waals surface area contributed by atoms with E-state index in [0.29, 0.717) is 75.2 Å². The molecule has 1 heterocycles. The minimum Gasteiger partial charge on any atom is -0.469 e. The Labute approximate surface area is 388 Å². The summed E-state index contributed by atoms with van der Waals surface area (Å²) in [5, 5.41) is 19.2. The molecule has 1 fully saturated rings. The third-order valence-electron chi connectivity index (χ3n) is 15.4. The van der Waals surface area contributed by atoms with Crippen LogP contribution in [-0.4, -0.2) is 81.5 Å². The molecule has 1 saturated heterocycles. The van der Waals surface area contributed by atoms with Gasteiger partial charge in [-0.15, -0.1) is 0 Å². The average Bonchev–Trinajstić information content (AvgIpc) is 3.29. The highest BCUT2D eigenvalue weighted by Gasteiger charge is 2.42. The molecular formula is C53H90O11. The molecule has 8 atom stereocenters. The predicted octanol–water partition coefficient (Wildman–Crippen LogP) is 11.0. The lowest BCUT2D eigenvalue weighted by atomic mass is 9.65. The Morgan fingerprint density at radius 1 is 0.641 bits per heavy atom. The van der Waals surface area contributed by atoms with Crippen LogP contribution in [0, 0.1) is 45.3 Å². The molecule has 8 unspecified atom stereocenters. The average molecular weight is 903 g/mol. The van der Waals surface area contributed by atoms with Crippen LogP contribution in [0.2, 0.25) is 0 Å². The largest absolute Gasteiger partial charge is 0.469 e. The zero-order valence-electron chi connectivity index (χ0n) is 42.2. The van der Waals surface area contributed by atoms with Crippen molar-refractivity contribution in [1.82, 2.24) is 0 Å². The Morgan fingerprint density at radius 3 is 1.34 bits per heavy atom. The number of carbonyl (C=O) groups excluding carboxylic acids is 5. The van der Waals surface area contributed by atoms with Crippen molar-refractivity contribution in [2.24, 2.45) is 45.3 Å². The van der Waals surface area contributed by atoms with Crippen molar-refractivity contribution in [1.29, 1.82) is 0 Å². The lowest BCUT2D eigenvalue weighted by Gasteiger charge is -2.43. The first-order valence-corrected chi connectivity index (χ1v) is 23.9. The quantitative estimate of drug-likeness (QED) is 0.0829. The van der Waals surface area contributed by atoms with Crippen molar-refractivity contribution in [2.75, 3.05) is 41.2 Å². The standard InChI is InChI=1S/2C13H22O3.C13H20O3.C12H18O2.C2H6.H2/c3*1-10-4-6-13(9-14,11(2)8-10)7-5-12(15)16-3;1-9-3-5-12(10(2)7-9)6-4-11(13)14-8-12;1-2;/h2*4,11,14H,5-9H2,1-3H3;4,9,11H,5-8H2,1-3H3;3,10H,4-8H2,1-2H3;1-2H3;1H. The topological polar surface area (TPSA) is 163 Å². The number of rotatable bonds is 12. The van der Waals surface area contributed by atoms with E-state index in [-0.39, 0.29) is 60.2 Å². The summed E-state index contributed by atoms with van der Waals surface area (Å²) in [5.74, 6) is 1.17. The third-order valence-corrected chi connectivity index (χ3v) is 15.4. The zero-order chi connectivity index (χ0) is 48.7. The van der Waals surface area contributed by atoms with E-state index in [0.717, 1.165) is 64.1 Å². The molecule has 5 rings (SSSR count). The molecule has 0 radical (unpaired) electrons. The van der Waals surface area contributed by atoms with Crippen molar-refractivity contribution >= 4 is 30.2 Å². The van der Waals surface area contributed by atoms with E-state index < -0.39 is 0 Å². The van der Waals surface area contributed by atoms with E-state index in [4.69, 9.17) is 4.74 Å². The van der Waals surface area contributed by atoms with E-state index in [1.54, 1.807) is 0 Å². The van der Waals surface area contributed by atoms with Crippen molar-refractivity contribution in [3.63, 3.8) is 0 Å². The molecule has 11 heteroatoms. The van der Waals surface area contributed by atoms with E-state index in [1.165, 1.54) is 43.6 Å². The van der Waals surface area contributed by atoms with Gasteiger partial charge in [-0.1, -0.05) is 88.1 Å². The number of aldehydes is 1. The lowest BCUT2D eigenvalue weighted by Crippen LogP contribution is -2.40. The number of aliphatic hydroxyl groups is 2. The monoisotopic (exact) mass is 903 g/mol. The fourth-order valence-corrected chi connectivity index (χ4v) is 9.90. The van der Waals surface area contributed by atoms with Gasteiger partial charge >= 0.3 is 23.9 Å². The number of aliphatic hydroxyl groups excluding tert-OH is 2. The molecule has 0 aromatic carbocycles. The SMILES string of the molecule is CC.CC1=CCC2(CCC(=O)OC2)C(C)C1.COC(=O)CCC1(C=O)CC=C(C)CC1C.COC(=O)CCC1(CO)CC=C(C)CC1C.COC(=O)CCC1(CO)CC=C(C)CC1C.[HH]. The predicted molar refractivity (Wildman–Crippen MR) is 256 cm³/mol. The Bertz CT molecular complexity index is 1560. The van der Waals surface area contributed by atoms with Crippen LogP contribution in [0.3, 0.4) is 0 Å². The summed E-state index contributed by atoms with van der Waals surface area (Å²) in [6.07, 6.45) is 22.3. The van der Waals surface area contributed by atoms with E-state index in [2.05, 4.69) is 93.9 Å². The molecule has 0 amide bonds. The number of carbonyl (C=O) groups is 5. The van der Waals surface area contributed by atoms with Crippen LogP contribution in [0.5, 0.6) is 0 Å². The molecule has 0 aromatic rings. The highest BCUT2D eigenvalue weighted by Crippen LogP contribution is 2.47. The van der Waals surface area contributed by atoms with Gasteiger partial charge in [0.1, 0.15) is 6.29 Å². The number of methoxy groups -OCH3 is 3. The van der Waals surface area contributed by atoms with Gasteiger partial charge in [-0.25, -0.2) is 0 Å². The first-order valence-electron chi connectivity index (χ1n) is 23.9. The number of allylic oxidation sites excluding steroid dienone is 8. The fourth-order valence-electron chi connectivity index (χ4n) is 9.90. The summed E-state index contributed by atoms with van der Waals surface area (Å²) in [7, 11) is 4.19. The molecule has 368 valence electrons. The molecule has 1 aliphatic heterocycles. The number of hydrogen-bond donors (Lipinski definition) is 2. The Morgan fingerprint density at radius 2 is 1.02 bits per heavy atom. The van der Waals surface area contributed by atoms with Gasteiger partial charge in [-0.3, -0.25) is 19.2 Å². The maximum absolute atomic E-state index is 11.3. The van der Waals surface area contributed by atoms with Crippen molar-refractivity contribution in [3.05, 3.63) is 46.6 Å². The van der Waals surface area contributed by atoms with Gasteiger partial charge in [-0.2, -0.15) is 0 Å².